The van der Waals surface area contributed by atoms with Crippen LogP contribution in [0.5, 0.6) is 0 Å². The largest absolute Gasteiger partial charge is 0.324 e. The zero-order valence-electron chi connectivity index (χ0n) is 10.8. The van der Waals surface area contributed by atoms with Gasteiger partial charge in [-0.3, -0.25) is 0 Å². The number of rotatable bonds is 4. The van der Waals surface area contributed by atoms with Gasteiger partial charge in [0.1, 0.15) is 0 Å². The summed E-state index contributed by atoms with van der Waals surface area (Å²) in [5.74, 6) is 0.550. The average Bonchev–Trinajstić information content (AvgIpc) is 2.38. The molecule has 0 spiro atoms. The SMILES string of the molecule is NC(CCN1CCS(=O)(=O)CC1)c1ccccc1Br. The second-order valence-corrected chi connectivity index (χ2v) is 8.07. The monoisotopic (exact) mass is 346 g/mol. The highest BCUT2D eigenvalue weighted by Crippen LogP contribution is 2.23. The van der Waals surface area contributed by atoms with Crippen molar-refractivity contribution in [2.45, 2.75) is 12.5 Å². The Hall–Kier alpha value is -0.430. The molecule has 0 radical (unpaired) electrons. The molecule has 0 aliphatic carbocycles. The molecule has 1 aromatic rings. The van der Waals surface area contributed by atoms with Crippen LogP contribution in [0.2, 0.25) is 0 Å². The van der Waals surface area contributed by atoms with Crippen molar-refractivity contribution >= 4 is 25.8 Å². The second-order valence-electron chi connectivity index (χ2n) is 4.91. The Balaban J connectivity index is 1.85. The smallest absolute Gasteiger partial charge is 0.152 e. The summed E-state index contributed by atoms with van der Waals surface area (Å²) >= 11 is 3.50. The van der Waals surface area contributed by atoms with Gasteiger partial charge in [0.25, 0.3) is 0 Å². The van der Waals surface area contributed by atoms with E-state index in [0.717, 1.165) is 23.0 Å². The minimum atomic E-state index is -2.79. The molecule has 6 heteroatoms. The number of hydrogen-bond donors (Lipinski definition) is 1. The summed E-state index contributed by atoms with van der Waals surface area (Å²) in [4.78, 5) is 2.18. The summed E-state index contributed by atoms with van der Waals surface area (Å²) < 4.78 is 23.7. The summed E-state index contributed by atoms with van der Waals surface area (Å²) in [5.41, 5.74) is 7.30. The van der Waals surface area contributed by atoms with Crippen molar-refractivity contribution in [2.75, 3.05) is 31.1 Å². The number of halogens is 1. The quantitative estimate of drug-likeness (QED) is 0.898. The summed E-state index contributed by atoms with van der Waals surface area (Å²) in [7, 11) is -2.79. The molecule has 1 heterocycles. The first-order valence-corrected chi connectivity index (χ1v) is 9.02. The minimum absolute atomic E-state index is 0.0193. The summed E-state index contributed by atoms with van der Waals surface area (Å²) in [6, 6.07) is 7.94. The van der Waals surface area contributed by atoms with Crippen LogP contribution >= 0.6 is 15.9 Å². The van der Waals surface area contributed by atoms with E-state index in [9.17, 15) is 8.42 Å². The van der Waals surface area contributed by atoms with Gasteiger partial charge in [0.2, 0.25) is 0 Å². The Kier molecular flexibility index (Phi) is 5.00. The van der Waals surface area contributed by atoms with Crippen molar-refractivity contribution in [2.24, 2.45) is 5.73 Å². The minimum Gasteiger partial charge on any atom is -0.324 e. The van der Waals surface area contributed by atoms with Crippen LogP contribution in [0.1, 0.15) is 18.0 Å². The molecule has 19 heavy (non-hydrogen) atoms. The van der Waals surface area contributed by atoms with Crippen LogP contribution in [0, 0.1) is 0 Å². The van der Waals surface area contributed by atoms with Gasteiger partial charge in [-0.25, -0.2) is 8.42 Å². The van der Waals surface area contributed by atoms with E-state index in [4.69, 9.17) is 5.73 Å². The molecule has 2 rings (SSSR count). The molecular weight excluding hydrogens is 328 g/mol. The van der Waals surface area contributed by atoms with Crippen LogP contribution in [0.4, 0.5) is 0 Å². The molecule has 0 amide bonds. The zero-order valence-corrected chi connectivity index (χ0v) is 13.2. The molecular formula is C13H19BrN2O2S. The first kappa shape index (κ1) is 15.0. The molecule has 1 saturated heterocycles. The number of sulfone groups is 1. The van der Waals surface area contributed by atoms with Crippen molar-refractivity contribution in [1.82, 2.24) is 4.90 Å². The lowest BCUT2D eigenvalue weighted by atomic mass is 10.0. The highest BCUT2D eigenvalue weighted by atomic mass is 79.9. The van der Waals surface area contributed by atoms with Gasteiger partial charge in [0.15, 0.2) is 9.84 Å². The van der Waals surface area contributed by atoms with E-state index in [1.165, 1.54) is 0 Å². The van der Waals surface area contributed by atoms with Crippen LogP contribution in [-0.4, -0.2) is 44.5 Å². The normalized spacial score (nSPS) is 21.2. The molecule has 1 atom stereocenters. The van der Waals surface area contributed by atoms with Crippen molar-refractivity contribution < 1.29 is 8.42 Å². The fourth-order valence-electron chi connectivity index (χ4n) is 2.23. The van der Waals surface area contributed by atoms with Crippen molar-refractivity contribution in [3.8, 4) is 0 Å². The zero-order chi connectivity index (χ0) is 13.9. The van der Waals surface area contributed by atoms with Gasteiger partial charge in [-0.2, -0.15) is 0 Å². The first-order chi connectivity index (χ1) is 8.98. The Morgan fingerprint density at radius 1 is 1.26 bits per heavy atom. The van der Waals surface area contributed by atoms with Gasteiger partial charge in [-0.1, -0.05) is 34.1 Å². The van der Waals surface area contributed by atoms with E-state index in [2.05, 4.69) is 20.8 Å². The van der Waals surface area contributed by atoms with Gasteiger partial charge in [-0.05, 0) is 18.1 Å². The lowest BCUT2D eigenvalue weighted by molar-refractivity contribution is 0.283. The van der Waals surface area contributed by atoms with Gasteiger partial charge < -0.3 is 10.6 Å². The molecule has 1 aliphatic rings. The molecule has 1 fully saturated rings. The maximum atomic E-state index is 11.3. The van der Waals surface area contributed by atoms with E-state index in [0.29, 0.717) is 13.1 Å². The van der Waals surface area contributed by atoms with Crippen molar-refractivity contribution in [1.29, 1.82) is 0 Å². The first-order valence-electron chi connectivity index (χ1n) is 6.41. The van der Waals surface area contributed by atoms with Crippen LogP contribution in [0.25, 0.3) is 0 Å². The molecule has 4 nitrogen and oxygen atoms in total. The van der Waals surface area contributed by atoms with Gasteiger partial charge in [0.05, 0.1) is 11.5 Å². The van der Waals surface area contributed by atoms with E-state index in [-0.39, 0.29) is 17.5 Å². The lowest BCUT2D eigenvalue weighted by Crippen LogP contribution is -2.41. The predicted octanol–water partition coefficient (Wildman–Crippen LogP) is 1.57. The number of nitrogens with zero attached hydrogens (tertiary/aromatic N) is 1. The maximum Gasteiger partial charge on any atom is 0.152 e. The van der Waals surface area contributed by atoms with Gasteiger partial charge in [0, 0.05) is 30.1 Å². The Labute approximate surface area is 123 Å². The van der Waals surface area contributed by atoms with E-state index >= 15 is 0 Å². The third-order valence-corrected chi connectivity index (χ3v) is 5.83. The molecule has 1 aliphatic heterocycles. The van der Waals surface area contributed by atoms with E-state index in [1.54, 1.807) is 0 Å². The number of hydrogen-bond acceptors (Lipinski definition) is 4. The fraction of sp³-hybridized carbons (Fsp3) is 0.538. The fourth-order valence-corrected chi connectivity index (χ4v) is 4.08. The molecule has 0 bridgehead atoms. The number of nitrogens with two attached hydrogens (primary N) is 1. The van der Waals surface area contributed by atoms with Gasteiger partial charge in [-0.15, -0.1) is 0 Å². The van der Waals surface area contributed by atoms with E-state index < -0.39 is 9.84 Å². The predicted molar refractivity (Wildman–Crippen MR) is 80.8 cm³/mol. The second kappa shape index (κ2) is 6.35. The molecule has 106 valence electrons. The van der Waals surface area contributed by atoms with E-state index in [1.807, 2.05) is 24.3 Å². The molecule has 0 aromatic heterocycles. The highest BCUT2D eigenvalue weighted by Gasteiger charge is 2.21. The number of benzene rings is 1. The summed E-state index contributed by atoms with van der Waals surface area (Å²) in [5, 5.41) is 0. The third-order valence-electron chi connectivity index (χ3n) is 3.50. The van der Waals surface area contributed by atoms with Crippen LogP contribution in [-0.2, 0) is 9.84 Å². The van der Waals surface area contributed by atoms with Crippen molar-refractivity contribution in [3.05, 3.63) is 34.3 Å². The standard InChI is InChI=1S/C13H19BrN2O2S/c14-12-4-2-1-3-11(12)13(15)5-6-16-7-9-19(17,18)10-8-16/h1-4,13H,5-10,15H2. The summed E-state index contributed by atoms with van der Waals surface area (Å²) in [6.07, 6.45) is 0.836. The van der Waals surface area contributed by atoms with Crippen LogP contribution in [0.3, 0.4) is 0 Å². The topological polar surface area (TPSA) is 63.4 Å². The lowest BCUT2D eigenvalue weighted by Gasteiger charge is -2.27. The molecule has 1 aromatic carbocycles. The molecule has 1 unspecified atom stereocenters. The Morgan fingerprint density at radius 3 is 2.53 bits per heavy atom. The average molecular weight is 347 g/mol. The molecule has 2 N–H and O–H groups in total. The third kappa shape index (κ3) is 4.27. The Bertz CT molecular complexity index is 519. The van der Waals surface area contributed by atoms with Crippen LogP contribution < -0.4 is 5.73 Å². The Morgan fingerprint density at radius 2 is 1.89 bits per heavy atom. The van der Waals surface area contributed by atoms with Crippen molar-refractivity contribution in [3.63, 3.8) is 0 Å². The summed E-state index contributed by atoms with van der Waals surface area (Å²) in [6.45, 7) is 2.11. The highest BCUT2D eigenvalue weighted by molar-refractivity contribution is 9.10. The van der Waals surface area contributed by atoms with Crippen LogP contribution in [0.15, 0.2) is 28.7 Å². The maximum absolute atomic E-state index is 11.3. The molecule has 0 saturated carbocycles. The van der Waals surface area contributed by atoms with Gasteiger partial charge >= 0.3 is 0 Å².